The molecular weight excluding hydrogens is 332 g/mol. The Morgan fingerprint density at radius 3 is 2.45 bits per heavy atom. The zero-order valence-corrected chi connectivity index (χ0v) is 12.4. The van der Waals surface area contributed by atoms with Gasteiger partial charge in [0.15, 0.2) is 0 Å². The van der Waals surface area contributed by atoms with Crippen LogP contribution in [0.15, 0.2) is 22.7 Å². The maximum atomic E-state index is 11.9. The van der Waals surface area contributed by atoms with Crippen LogP contribution in [0.2, 0.25) is 0 Å². The number of amides is 1. The fourth-order valence-corrected chi connectivity index (χ4v) is 1.82. The zero-order chi connectivity index (χ0) is 15.4. The number of anilines is 1. The Labute approximate surface area is 123 Å². The molecule has 7 nitrogen and oxygen atoms in total. The summed E-state index contributed by atoms with van der Waals surface area (Å²) in [5.41, 5.74) is 0.0658. The molecule has 108 valence electrons. The Kier molecular flexibility index (Phi) is 5.20. The molecule has 1 aromatic carbocycles. The number of carbonyl (C=O) groups is 2. The first-order valence-corrected chi connectivity index (χ1v) is 6.51. The molecule has 0 saturated heterocycles. The highest BCUT2D eigenvalue weighted by Gasteiger charge is 2.26. The maximum Gasteiger partial charge on any atom is 0.307 e. The molecule has 20 heavy (non-hydrogen) atoms. The van der Waals surface area contributed by atoms with Crippen LogP contribution in [0.4, 0.5) is 11.4 Å². The van der Waals surface area contributed by atoms with Crippen molar-refractivity contribution in [1.29, 1.82) is 0 Å². The highest BCUT2D eigenvalue weighted by atomic mass is 79.9. The van der Waals surface area contributed by atoms with E-state index in [0.29, 0.717) is 4.47 Å². The predicted molar refractivity (Wildman–Crippen MR) is 75.4 cm³/mol. The lowest BCUT2D eigenvalue weighted by atomic mass is 9.95. The Morgan fingerprint density at radius 2 is 1.95 bits per heavy atom. The minimum absolute atomic E-state index is 0.179. The summed E-state index contributed by atoms with van der Waals surface area (Å²) >= 11 is 3.04. The largest absolute Gasteiger partial charge is 0.481 e. The first-order valence-electron chi connectivity index (χ1n) is 5.71. The molecular formula is C12H13BrN2O5. The molecule has 2 N–H and O–H groups in total. The van der Waals surface area contributed by atoms with Gasteiger partial charge >= 0.3 is 5.97 Å². The van der Waals surface area contributed by atoms with Crippen LogP contribution in [0.3, 0.4) is 0 Å². The number of carbonyl (C=O) groups excluding carboxylic acids is 1. The number of nitrogens with zero attached hydrogens (tertiary/aromatic N) is 1. The summed E-state index contributed by atoms with van der Waals surface area (Å²) < 4.78 is 0.299. The second kappa shape index (κ2) is 6.47. The molecule has 2 atom stereocenters. The van der Waals surface area contributed by atoms with E-state index in [9.17, 15) is 19.7 Å². The highest BCUT2D eigenvalue weighted by molar-refractivity contribution is 9.10. The van der Waals surface area contributed by atoms with E-state index in [4.69, 9.17) is 5.11 Å². The van der Waals surface area contributed by atoms with Crippen molar-refractivity contribution >= 4 is 39.2 Å². The number of hydrogen-bond donors (Lipinski definition) is 2. The van der Waals surface area contributed by atoms with Gasteiger partial charge in [0.05, 0.1) is 15.3 Å². The summed E-state index contributed by atoms with van der Waals surface area (Å²) in [6, 6.07) is 4.15. The van der Waals surface area contributed by atoms with E-state index in [-0.39, 0.29) is 11.4 Å². The second-order valence-electron chi connectivity index (χ2n) is 4.33. The molecule has 1 amide bonds. The van der Waals surface area contributed by atoms with Gasteiger partial charge in [-0.1, -0.05) is 13.8 Å². The van der Waals surface area contributed by atoms with Crippen molar-refractivity contribution in [1.82, 2.24) is 0 Å². The molecule has 0 radical (unpaired) electrons. The summed E-state index contributed by atoms with van der Waals surface area (Å²) in [6.07, 6.45) is 0. The molecule has 0 aliphatic carbocycles. The van der Waals surface area contributed by atoms with Crippen molar-refractivity contribution < 1.29 is 19.6 Å². The molecule has 0 aliphatic rings. The van der Waals surface area contributed by atoms with Crippen LogP contribution >= 0.6 is 15.9 Å². The fourth-order valence-electron chi connectivity index (χ4n) is 1.43. The predicted octanol–water partition coefficient (Wildman–Crippen LogP) is 2.65. The molecule has 0 aromatic heterocycles. The SMILES string of the molecule is CC(C(=O)O)C(C)C(=O)Nc1ccc(Br)c([N+](=O)[O-])c1. The van der Waals surface area contributed by atoms with Crippen LogP contribution in [0.1, 0.15) is 13.8 Å². The Bertz CT molecular complexity index is 561. The molecule has 0 fully saturated rings. The first-order chi connectivity index (χ1) is 9.23. The van der Waals surface area contributed by atoms with Gasteiger partial charge in [0, 0.05) is 17.7 Å². The lowest BCUT2D eigenvalue weighted by molar-refractivity contribution is -0.385. The summed E-state index contributed by atoms with van der Waals surface area (Å²) in [4.78, 5) is 32.9. The first kappa shape index (κ1) is 16.1. The van der Waals surface area contributed by atoms with Gasteiger partial charge in [-0.3, -0.25) is 19.7 Å². The number of aliphatic carboxylic acids is 1. The van der Waals surface area contributed by atoms with Gasteiger partial charge in [-0.25, -0.2) is 0 Å². The van der Waals surface area contributed by atoms with E-state index in [1.165, 1.54) is 32.0 Å². The monoisotopic (exact) mass is 344 g/mol. The van der Waals surface area contributed by atoms with Crippen LogP contribution in [0.25, 0.3) is 0 Å². The maximum absolute atomic E-state index is 11.9. The third-order valence-corrected chi connectivity index (χ3v) is 3.63. The van der Waals surface area contributed by atoms with Crippen molar-refractivity contribution in [3.8, 4) is 0 Å². The Morgan fingerprint density at radius 1 is 1.35 bits per heavy atom. The van der Waals surface area contributed by atoms with Gasteiger partial charge in [0.25, 0.3) is 5.69 Å². The number of nitro groups is 1. The van der Waals surface area contributed by atoms with E-state index >= 15 is 0 Å². The van der Waals surface area contributed by atoms with Gasteiger partial charge in [0.1, 0.15) is 0 Å². The average molecular weight is 345 g/mol. The van der Waals surface area contributed by atoms with Gasteiger partial charge < -0.3 is 10.4 Å². The van der Waals surface area contributed by atoms with Crippen LogP contribution < -0.4 is 5.32 Å². The van der Waals surface area contributed by atoms with E-state index in [1.54, 1.807) is 0 Å². The highest BCUT2D eigenvalue weighted by Crippen LogP contribution is 2.28. The molecule has 0 heterocycles. The minimum atomic E-state index is -1.07. The zero-order valence-electron chi connectivity index (χ0n) is 10.8. The van der Waals surface area contributed by atoms with Crippen molar-refractivity contribution in [2.24, 2.45) is 11.8 Å². The van der Waals surface area contributed by atoms with Crippen LogP contribution in [0, 0.1) is 22.0 Å². The fraction of sp³-hybridized carbons (Fsp3) is 0.333. The van der Waals surface area contributed by atoms with Crippen molar-refractivity contribution in [2.45, 2.75) is 13.8 Å². The van der Waals surface area contributed by atoms with Gasteiger partial charge in [0.2, 0.25) is 5.91 Å². The minimum Gasteiger partial charge on any atom is -0.481 e. The lowest BCUT2D eigenvalue weighted by Gasteiger charge is -2.15. The normalized spacial score (nSPS) is 13.3. The summed E-state index contributed by atoms with van der Waals surface area (Å²) in [5, 5.41) is 22.1. The molecule has 2 unspecified atom stereocenters. The van der Waals surface area contributed by atoms with E-state index in [0.717, 1.165) is 0 Å². The molecule has 0 saturated carbocycles. The van der Waals surface area contributed by atoms with Crippen molar-refractivity contribution in [2.75, 3.05) is 5.32 Å². The smallest absolute Gasteiger partial charge is 0.307 e. The number of carboxylic acids is 1. The number of nitro benzene ring substituents is 1. The van der Waals surface area contributed by atoms with Crippen LogP contribution in [0.5, 0.6) is 0 Å². The van der Waals surface area contributed by atoms with Crippen molar-refractivity contribution in [3.05, 3.63) is 32.8 Å². The van der Waals surface area contributed by atoms with Crippen molar-refractivity contribution in [3.63, 3.8) is 0 Å². The average Bonchev–Trinajstić information content (AvgIpc) is 2.38. The van der Waals surface area contributed by atoms with E-state index in [2.05, 4.69) is 21.2 Å². The van der Waals surface area contributed by atoms with Crippen LogP contribution in [-0.4, -0.2) is 21.9 Å². The molecule has 1 aromatic rings. The quantitative estimate of drug-likeness (QED) is 0.630. The van der Waals surface area contributed by atoms with E-state index in [1.807, 2.05) is 0 Å². The number of hydrogen-bond acceptors (Lipinski definition) is 4. The topological polar surface area (TPSA) is 110 Å². The number of nitrogens with one attached hydrogen (secondary N) is 1. The van der Waals surface area contributed by atoms with E-state index < -0.39 is 28.6 Å². The molecule has 0 bridgehead atoms. The van der Waals surface area contributed by atoms with Crippen LogP contribution in [-0.2, 0) is 9.59 Å². The number of benzene rings is 1. The third kappa shape index (κ3) is 3.77. The molecule has 8 heteroatoms. The molecule has 1 rings (SSSR count). The molecule has 0 aliphatic heterocycles. The molecule has 0 spiro atoms. The number of carboxylic acid groups (broad SMARTS) is 1. The van der Waals surface area contributed by atoms with Gasteiger partial charge in [-0.05, 0) is 28.1 Å². The summed E-state index contributed by atoms with van der Waals surface area (Å²) in [7, 11) is 0. The summed E-state index contributed by atoms with van der Waals surface area (Å²) in [6.45, 7) is 2.91. The number of halogens is 1. The van der Waals surface area contributed by atoms with Gasteiger partial charge in [-0.2, -0.15) is 0 Å². The Balaban J connectivity index is 2.89. The Hall–Kier alpha value is -1.96. The standard InChI is InChI=1S/C12H13BrN2O5/c1-6(7(2)12(17)18)11(16)14-8-3-4-9(13)10(5-8)15(19)20/h3-7H,1-2H3,(H,14,16)(H,17,18). The lowest BCUT2D eigenvalue weighted by Crippen LogP contribution is -2.29. The number of rotatable bonds is 5. The summed E-state index contributed by atoms with van der Waals surface area (Å²) in [5.74, 6) is -3.18. The van der Waals surface area contributed by atoms with Gasteiger partial charge in [-0.15, -0.1) is 0 Å². The second-order valence-corrected chi connectivity index (χ2v) is 5.18. The third-order valence-electron chi connectivity index (χ3n) is 2.96.